The van der Waals surface area contributed by atoms with Gasteiger partial charge in [-0.1, -0.05) is 6.07 Å². The van der Waals surface area contributed by atoms with E-state index in [9.17, 15) is 4.79 Å². The quantitative estimate of drug-likeness (QED) is 0.681. The number of hydrazone groups is 1. The highest BCUT2D eigenvalue weighted by Gasteiger charge is 2.02. The van der Waals surface area contributed by atoms with Gasteiger partial charge in [-0.15, -0.1) is 11.3 Å². The van der Waals surface area contributed by atoms with E-state index in [-0.39, 0.29) is 12.5 Å². The zero-order chi connectivity index (χ0) is 15.2. The van der Waals surface area contributed by atoms with Gasteiger partial charge in [-0.05, 0) is 56.2 Å². The lowest BCUT2D eigenvalue weighted by Crippen LogP contribution is -2.24. The molecule has 0 saturated heterocycles. The monoisotopic (exact) mass is 302 g/mol. The molecule has 110 valence electrons. The molecule has 1 heterocycles. The Morgan fingerprint density at radius 3 is 2.57 bits per heavy atom. The van der Waals surface area contributed by atoms with Crippen LogP contribution in [0.4, 0.5) is 0 Å². The smallest absolute Gasteiger partial charge is 0.277 e. The first-order valence-corrected chi connectivity index (χ1v) is 7.44. The number of ether oxygens (including phenoxy) is 1. The molecular formula is C16H18N2O2S. The van der Waals surface area contributed by atoms with Gasteiger partial charge in [0.15, 0.2) is 6.61 Å². The van der Waals surface area contributed by atoms with Crippen molar-refractivity contribution in [3.63, 3.8) is 0 Å². The highest BCUT2D eigenvalue weighted by molar-refractivity contribution is 7.13. The van der Waals surface area contributed by atoms with E-state index in [0.29, 0.717) is 5.75 Å². The molecule has 2 aromatic rings. The average molecular weight is 302 g/mol. The number of nitrogens with one attached hydrogen (secondary N) is 1. The second kappa shape index (κ2) is 7.04. The molecule has 0 atom stereocenters. The third kappa shape index (κ3) is 5.04. The van der Waals surface area contributed by atoms with Crippen molar-refractivity contribution < 1.29 is 9.53 Å². The number of carbonyl (C=O) groups is 1. The van der Waals surface area contributed by atoms with E-state index in [1.54, 1.807) is 17.6 Å². The van der Waals surface area contributed by atoms with Crippen molar-refractivity contribution in [1.82, 2.24) is 5.43 Å². The minimum atomic E-state index is -0.279. The Kier molecular flexibility index (Phi) is 5.11. The molecule has 1 aromatic carbocycles. The number of benzene rings is 1. The van der Waals surface area contributed by atoms with Crippen molar-refractivity contribution in [3.05, 3.63) is 51.2 Å². The SMILES string of the molecule is Cc1cc(C)cc(OCC(=O)N/N=C/c2ccc(C)s2)c1. The summed E-state index contributed by atoms with van der Waals surface area (Å²) in [7, 11) is 0. The van der Waals surface area contributed by atoms with E-state index in [2.05, 4.69) is 16.6 Å². The maximum absolute atomic E-state index is 11.6. The number of hydrogen-bond donors (Lipinski definition) is 1. The second-order valence-corrected chi connectivity index (χ2v) is 6.17. The lowest BCUT2D eigenvalue weighted by atomic mass is 10.1. The first-order chi connectivity index (χ1) is 10.0. The van der Waals surface area contributed by atoms with Gasteiger partial charge in [-0.25, -0.2) is 5.43 Å². The summed E-state index contributed by atoms with van der Waals surface area (Å²) in [5.41, 5.74) is 4.67. The molecule has 2 rings (SSSR count). The van der Waals surface area contributed by atoms with Crippen molar-refractivity contribution in [2.24, 2.45) is 5.10 Å². The van der Waals surface area contributed by atoms with Crippen molar-refractivity contribution >= 4 is 23.5 Å². The highest BCUT2D eigenvalue weighted by atomic mass is 32.1. The van der Waals surface area contributed by atoms with Gasteiger partial charge in [0.2, 0.25) is 0 Å². The van der Waals surface area contributed by atoms with Crippen molar-refractivity contribution in [1.29, 1.82) is 0 Å². The molecular weight excluding hydrogens is 284 g/mol. The van der Waals surface area contributed by atoms with Gasteiger partial charge in [0.25, 0.3) is 5.91 Å². The highest BCUT2D eigenvalue weighted by Crippen LogP contribution is 2.16. The molecule has 5 heteroatoms. The fourth-order valence-electron chi connectivity index (χ4n) is 1.89. The van der Waals surface area contributed by atoms with Crippen LogP contribution in [0, 0.1) is 20.8 Å². The molecule has 1 N–H and O–H groups in total. The first kappa shape index (κ1) is 15.3. The van der Waals surface area contributed by atoms with Crippen molar-refractivity contribution in [3.8, 4) is 5.75 Å². The van der Waals surface area contributed by atoms with E-state index in [4.69, 9.17) is 4.74 Å². The van der Waals surface area contributed by atoms with Crippen LogP contribution in [0.5, 0.6) is 5.75 Å². The molecule has 0 aliphatic carbocycles. The molecule has 0 saturated carbocycles. The number of aryl methyl sites for hydroxylation is 3. The van der Waals surface area contributed by atoms with E-state index >= 15 is 0 Å². The number of thiophene rings is 1. The largest absolute Gasteiger partial charge is 0.484 e. The van der Waals surface area contributed by atoms with Gasteiger partial charge in [0, 0.05) is 9.75 Å². The van der Waals surface area contributed by atoms with Crippen molar-refractivity contribution in [2.75, 3.05) is 6.61 Å². The van der Waals surface area contributed by atoms with E-state index in [0.717, 1.165) is 16.0 Å². The Hall–Kier alpha value is -2.14. The number of nitrogens with zero attached hydrogens (tertiary/aromatic N) is 1. The zero-order valence-corrected chi connectivity index (χ0v) is 13.2. The zero-order valence-electron chi connectivity index (χ0n) is 12.3. The molecule has 0 aliphatic rings. The molecule has 0 bridgehead atoms. The van der Waals surface area contributed by atoms with Gasteiger partial charge in [0.1, 0.15) is 5.75 Å². The summed E-state index contributed by atoms with van der Waals surface area (Å²) >= 11 is 1.62. The van der Waals surface area contributed by atoms with Gasteiger partial charge < -0.3 is 4.74 Å². The lowest BCUT2D eigenvalue weighted by Gasteiger charge is -2.07. The normalized spacial score (nSPS) is 10.8. The molecule has 21 heavy (non-hydrogen) atoms. The maximum Gasteiger partial charge on any atom is 0.277 e. The van der Waals surface area contributed by atoms with Gasteiger partial charge in [-0.2, -0.15) is 5.10 Å². The Morgan fingerprint density at radius 2 is 1.95 bits per heavy atom. The summed E-state index contributed by atoms with van der Waals surface area (Å²) in [5, 5.41) is 3.91. The van der Waals surface area contributed by atoms with Crippen LogP contribution >= 0.6 is 11.3 Å². The molecule has 1 aromatic heterocycles. The fraction of sp³-hybridized carbons (Fsp3) is 0.250. The van der Waals surface area contributed by atoms with Crippen LogP contribution in [-0.4, -0.2) is 18.7 Å². The fourth-order valence-corrected chi connectivity index (χ4v) is 2.64. The van der Waals surface area contributed by atoms with E-state index in [1.807, 2.05) is 45.0 Å². The number of carbonyl (C=O) groups excluding carboxylic acids is 1. The number of amides is 1. The Morgan fingerprint density at radius 1 is 1.24 bits per heavy atom. The molecule has 0 unspecified atom stereocenters. The van der Waals surface area contributed by atoms with E-state index in [1.165, 1.54) is 4.88 Å². The summed E-state index contributed by atoms with van der Waals surface area (Å²) in [6.45, 7) is 5.96. The predicted octanol–water partition coefficient (Wildman–Crippen LogP) is 3.20. The number of hydrogen-bond acceptors (Lipinski definition) is 4. The Bertz CT molecular complexity index is 642. The van der Waals surface area contributed by atoms with Crippen LogP contribution in [0.15, 0.2) is 35.4 Å². The van der Waals surface area contributed by atoms with Gasteiger partial charge in [-0.3, -0.25) is 4.79 Å². The second-order valence-electron chi connectivity index (χ2n) is 4.85. The van der Waals surface area contributed by atoms with Crippen LogP contribution < -0.4 is 10.2 Å². The molecule has 1 amide bonds. The third-order valence-electron chi connectivity index (χ3n) is 2.71. The van der Waals surface area contributed by atoms with Crippen LogP contribution in [0.2, 0.25) is 0 Å². The van der Waals surface area contributed by atoms with Gasteiger partial charge in [0.05, 0.1) is 6.21 Å². The standard InChI is InChI=1S/C16H18N2O2S/c1-11-6-12(2)8-14(7-11)20-10-16(19)18-17-9-15-5-4-13(3)21-15/h4-9H,10H2,1-3H3,(H,18,19)/b17-9+. The summed E-state index contributed by atoms with van der Waals surface area (Å²) in [4.78, 5) is 13.8. The van der Waals surface area contributed by atoms with Crippen LogP contribution in [0.1, 0.15) is 20.9 Å². The third-order valence-corrected chi connectivity index (χ3v) is 3.64. The van der Waals surface area contributed by atoms with Crippen LogP contribution in [0.3, 0.4) is 0 Å². The molecule has 4 nitrogen and oxygen atoms in total. The average Bonchev–Trinajstić information content (AvgIpc) is 2.81. The summed E-state index contributed by atoms with van der Waals surface area (Å²) in [6.07, 6.45) is 1.63. The van der Waals surface area contributed by atoms with E-state index < -0.39 is 0 Å². The maximum atomic E-state index is 11.6. The number of rotatable bonds is 5. The van der Waals surface area contributed by atoms with Gasteiger partial charge >= 0.3 is 0 Å². The molecule has 0 spiro atoms. The summed E-state index contributed by atoms with van der Waals surface area (Å²) in [6, 6.07) is 9.83. The van der Waals surface area contributed by atoms with Crippen LogP contribution in [-0.2, 0) is 4.79 Å². The summed E-state index contributed by atoms with van der Waals surface area (Å²) < 4.78 is 5.45. The topological polar surface area (TPSA) is 50.7 Å². The summed E-state index contributed by atoms with van der Waals surface area (Å²) in [5.74, 6) is 0.416. The molecule has 0 fully saturated rings. The lowest BCUT2D eigenvalue weighted by molar-refractivity contribution is -0.123. The Labute approximate surface area is 128 Å². The minimum Gasteiger partial charge on any atom is -0.484 e. The molecule has 0 radical (unpaired) electrons. The predicted molar refractivity (Wildman–Crippen MR) is 86.2 cm³/mol. The van der Waals surface area contributed by atoms with Crippen LogP contribution in [0.25, 0.3) is 0 Å². The molecule has 0 aliphatic heterocycles. The first-order valence-electron chi connectivity index (χ1n) is 6.62. The van der Waals surface area contributed by atoms with Crippen molar-refractivity contribution in [2.45, 2.75) is 20.8 Å². The minimum absolute atomic E-state index is 0.0519. The Balaban J connectivity index is 1.80.